The summed E-state index contributed by atoms with van der Waals surface area (Å²) >= 11 is 0. The van der Waals surface area contributed by atoms with Crippen LogP contribution >= 0.6 is 0 Å². The number of aromatic nitrogens is 1. The van der Waals surface area contributed by atoms with Crippen LogP contribution in [0, 0.1) is 0 Å². The number of fused-ring (bicyclic) bond motifs is 1. The fourth-order valence-corrected chi connectivity index (χ4v) is 5.97. The Hall–Kier alpha value is -3.37. The van der Waals surface area contributed by atoms with Gasteiger partial charge in [-0.3, -0.25) is 4.57 Å². The third kappa shape index (κ3) is 3.53. The van der Waals surface area contributed by atoms with Gasteiger partial charge >= 0.3 is 0 Å². The zero-order valence-electron chi connectivity index (χ0n) is 18.2. The van der Waals surface area contributed by atoms with Gasteiger partial charge in [-0.05, 0) is 23.3 Å². The highest BCUT2D eigenvalue weighted by Crippen LogP contribution is 2.41. The van der Waals surface area contributed by atoms with Crippen molar-refractivity contribution in [2.24, 2.45) is 0 Å². The van der Waals surface area contributed by atoms with Crippen molar-refractivity contribution in [1.29, 1.82) is 0 Å². The second kappa shape index (κ2) is 7.40. The molecule has 4 aromatic rings. The van der Waals surface area contributed by atoms with Crippen LogP contribution in [0.2, 0.25) is 19.6 Å². The number of rotatable bonds is 4. The Labute approximate surface area is 184 Å². The molecule has 1 aromatic heterocycles. The van der Waals surface area contributed by atoms with E-state index in [-0.39, 0.29) is 0 Å². The van der Waals surface area contributed by atoms with Crippen LogP contribution in [-0.2, 0) is 6.67 Å². The number of phenols is 1. The molecule has 0 unspecified atom stereocenters. The normalized spacial score (nSPS) is 13.2. The molecule has 0 saturated heterocycles. The Kier molecular flexibility index (Phi) is 4.67. The van der Waals surface area contributed by atoms with Crippen LogP contribution in [0.5, 0.6) is 5.75 Å². The number of phenolic OH excluding ortho intramolecular Hbond substituents is 1. The maximum atomic E-state index is 11.2. The Morgan fingerprint density at radius 2 is 1.32 bits per heavy atom. The Balaban J connectivity index is 1.65. The lowest BCUT2D eigenvalue weighted by Crippen LogP contribution is -2.43. The van der Waals surface area contributed by atoms with E-state index in [9.17, 15) is 5.11 Å². The van der Waals surface area contributed by atoms with Gasteiger partial charge in [0, 0.05) is 28.6 Å². The molecule has 2 heterocycles. The first-order valence-corrected chi connectivity index (χ1v) is 14.2. The van der Waals surface area contributed by atoms with E-state index in [1.165, 1.54) is 11.0 Å². The quantitative estimate of drug-likeness (QED) is 0.326. The van der Waals surface area contributed by atoms with Gasteiger partial charge in [0.05, 0.1) is 8.07 Å². The molecule has 3 aromatic carbocycles. The van der Waals surface area contributed by atoms with Crippen molar-refractivity contribution < 1.29 is 9.68 Å². The molecule has 0 radical (unpaired) electrons. The molecule has 0 aliphatic carbocycles. The third-order valence-corrected chi connectivity index (χ3v) is 7.93. The van der Waals surface area contributed by atoms with Crippen LogP contribution in [0.3, 0.4) is 0 Å². The summed E-state index contributed by atoms with van der Waals surface area (Å²) < 4.78 is 4.72. The zero-order valence-corrected chi connectivity index (χ0v) is 19.2. The highest BCUT2D eigenvalue weighted by atomic mass is 28.3. The van der Waals surface area contributed by atoms with Crippen LogP contribution in [0.4, 0.5) is 5.69 Å². The number of benzene rings is 3. The van der Waals surface area contributed by atoms with E-state index in [1.54, 1.807) is 0 Å². The Morgan fingerprint density at radius 1 is 0.774 bits per heavy atom. The number of aromatic hydroxyl groups is 1. The molecule has 31 heavy (non-hydrogen) atoms. The van der Waals surface area contributed by atoms with E-state index >= 15 is 0 Å². The lowest BCUT2D eigenvalue weighted by molar-refractivity contribution is -0.463. The molecule has 1 N–H and O–H groups in total. The van der Waals surface area contributed by atoms with Crippen LogP contribution in [0.1, 0.15) is 5.69 Å². The van der Waals surface area contributed by atoms with Crippen molar-refractivity contribution >= 4 is 25.3 Å². The second-order valence-corrected chi connectivity index (χ2v) is 14.2. The predicted octanol–water partition coefficient (Wildman–Crippen LogP) is 5.81. The smallest absolute Gasteiger partial charge is 0.228 e. The van der Waals surface area contributed by atoms with Crippen molar-refractivity contribution in [1.82, 2.24) is 4.57 Å². The molecule has 0 spiro atoms. The molecule has 4 heteroatoms. The summed E-state index contributed by atoms with van der Waals surface area (Å²) in [4.78, 5) is 0. The van der Waals surface area contributed by atoms with Crippen molar-refractivity contribution in [3.05, 3.63) is 90.6 Å². The second-order valence-electron chi connectivity index (χ2n) is 9.18. The zero-order chi connectivity index (χ0) is 21.6. The predicted molar refractivity (Wildman–Crippen MR) is 131 cm³/mol. The molecular weight excluding hydrogens is 396 g/mol. The molecule has 3 nitrogen and oxygen atoms in total. The summed E-state index contributed by atoms with van der Waals surface area (Å²) in [7, 11) is -1.43. The summed E-state index contributed by atoms with van der Waals surface area (Å²) in [6, 6.07) is 29.0. The van der Waals surface area contributed by atoms with Gasteiger partial charge in [-0.25, -0.2) is 0 Å². The molecule has 5 rings (SSSR count). The fourth-order valence-electron chi connectivity index (χ4n) is 4.38. The van der Waals surface area contributed by atoms with Gasteiger partial charge in [-0.1, -0.05) is 80.3 Å². The maximum Gasteiger partial charge on any atom is 0.228 e. The average molecular weight is 424 g/mol. The van der Waals surface area contributed by atoms with Gasteiger partial charge in [0.25, 0.3) is 0 Å². The van der Waals surface area contributed by atoms with E-state index in [2.05, 4.69) is 59.3 Å². The molecule has 0 amide bonds. The third-order valence-electron chi connectivity index (χ3n) is 5.96. The first kappa shape index (κ1) is 19.6. The summed E-state index contributed by atoms with van der Waals surface area (Å²) in [5, 5.41) is 12.7. The van der Waals surface area contributed by atoms with Crippen molar-refractivity contribution in [2.75, 3.05) is 0 Å². The van der Waals surface area contributed by atoms with Gasteiger partial charge in [0.1, 0.15) is 11.4 Å². The molecule has 154 valence electrons. The monoisotopic (exact) mass is 423 g/mol. The summed E-state index contributed by atoms with van der Waals surface area (Å²) in [6.07, 6.45) is 2.22. The number of hydrogen-bond acceptors (Lipinski definition) is 1. The minimum Gasteiger partial charge on any atom is -0.507 e. The molecule has 0 atom stereocenters. The molecule has 1 aliphatic rings. The highest BCUT2D eigenvalue weighted by molar-refractivity contribution is 6.88. The SMILES string of the molecule is C[Si](C)(C)c1ccc2n1C[N+](c1cc(-c3ccccc3)c(O)c(-c3ccccc3)c1)=C2. The maximum absolute atomic E-state index is 11.2. The van der Waals surface area contributed by atoms with Crippen molar-refractivity contribution in [3.63, 3.8) is 0 Å². The van der Waals surface area contributed by atoms with Gasteiger partial charge < -0.3 is 5.11 Å². The van der Waals surface area contributed by atoms with Crippen molar-refractivity contribution in [2.45, 2.75) is 26.3 Å². The van der Waals surface area contributed by atoms with E-state index in [0.29, 0.717) is 5.75 Å². The minimum absolute atomic E-state index is 0.322. The summed E-state index contributed by atoms with van der Waals surface area (Å²) in [5.74, 6) is 0.322. The van der Waals surface area contributed by atoms with E-state index in [4.69, 9.17) is 0 Å². The van der Waals surface area contributed by atoms with E-state index in [1.807, 2.05) is 60.7 Å². The number of hydrogen-bond donors (Lipinski definition) is 1. The largest absolute Gasteiger partial charge is 0.507 e. The molecule has 1 aliphatic heterocycles. The van der Waals surface area contributed by atoms with Crippen LogP contribution < -0.4 is 5.32 Å². The Morgan fingerprint density at radius 3 is 1.84 bits per heavy atom. The van der Waals surface area contributed by atoms with Gasteiger partial charge in [-0.15, -0.1) is 0 Å². The topological polar surface area (TPSA) is 28.2 Å². The minimum atomic E-state index is -1.43. The average Bonchev–Trinajstić information content (AvgIpc) is 3.36. The summed E-state index contributed by atoms with van der Waals surface area (Å²) in [6.45, 7) is 7.97. The van der Waals surface area contributed by atoms with Gasteiger partial charge in [0.2, 0.25) is 12.4 Å². The highest BCUT2D eigenvalue weighted by Gasteiger charge is 2.30. The van der Waals surface area contributed by atoms with Gasteiger partial charge in [-0.2, -0.15) is 4.58 Å². The first-order valence-electron chi connectivity index (χ1n) is 10.7. The van der Waals surface area contributed by atoms with E-state index < -0.39 is 8.07 Å². The first-order chi connectivity index (χ1) is 14.9. The lowest BCUT2D eigenvalue weighted by Gasteiger charge is -2.17. The summed E-state index contributed by atoms with van der Waals surface area (Å²) in [5.41, 5.74) is 6.06. The van der Waals surface area contributed by atoms with Crippen LogP contribution in [0.15, 0.2) is 84.9 Å². The van der Waals surface area contributed by atoms with Crippen LogP contribution in [-0.4, -0.2) is 28.5 Å². The van der Waals surface area contributed by atoms with E-state index in [0.717, 1.165) is 34.6 Å². The van der Waals surface area contributed by atoms with Crippen molar-refractivity contribution in [3.8, 4) is 28.0 Å². The number of nitrogens with zero attached hydrogens (tertiary/aromatic N) is 2. The molecular formula is C27H27N2OSi+. The fraction of sp³-hybridized carbons (Fsp3) is 0.148. The Bertz CT molecular complexity index is 1220. The molecule has 0 fully saturated rings. The lowest BCUT2D eigenvalue weighted by atomic mass is 9.96. The molecule has 0 saturated carbocycles. The standard InChI is InChI=1S/C27H26N2OSi/c1-31(2,3)26-15-14-22-18-28(19-29(22)26)23-16-24(20-10-6-4-7-11-20)27(30)25(17-23)21-12-8-5-9-13-21/h4-18H,19H2,1-3H3/p+1. The molecule has 0 bridgehead atoms. The van der Waals surface area contributed by atoms with Crippen LogP contribution in [0.25, 0.3) is 22.3 Å². The van der Waals surface area contributed by atoms with Gasteiger partial charge in [0.15, 0.2) is 6.21 Å².